The summed E-state index contributed by atoms with van der Waals surface area (Å²) in [6, 6.07) is 10.4. The van der Waals surface area contributed by atoms with E-state index in [2.05, 4.69) is 28.5 Å². The van der Waals surface area contributed by atoms with E-state index in [9.17, 15) is 4.79 Å². The summed E-state index contributed by atoms with van der Waals surface area (Å²) >= 11 is 1.72. The van der Waals surface area contributed by atoms with E-state index in [4.69, 9.17) is 0 Å². The lowest BCUT2D eigenvalue weighted by Crippen LogP contribution is -2.46. The first-order valence-electron chi connectivity index (χ1n) is 7.02. The number of thioether (sulfide) groups is 1. The van der Waals surface area contributed by atoms with E-state index in [1.807, 2.05) is 17.0 Å². The minimum absolute atomic E-state index is 0.273. The Bertz CT molecular complexity index is 557. The number of para-hydroxylation sites is 1. The third-order valence-electron chi connectivity index (χ3n) is 3.55. The fourth-order valence-corrected chi connectivity index (χ4v) is 3.33. The second kappa shape index (κ2) is 6.33. The number of nitrogens with zero attached hydrogens (tertiary/aromatic N) is 1. The molecule has 2 aromatic rings. The average Bonchev–Trinajstić information content (AvgIpc) is 2.90. The third kappa shape index (κ3) is 3.16. The molecule has 0 bridgehead atoms. The van der Waals surface area contributed by atoms with Crippen LogP contribution in [0.2, 0.25) is 0 Å². The van der Waals surface area contributed by atoms with Crippen molar-refractivity contribution in [2.75, 3.05) is 31.9 Å². The summed E-state index contributed by atoms with van der Waals surface area (Å²) in [4.78, 5) is 17.4. The predicted octanol–water partition coefficient (Wildman–Crippen LogP) is 2.08. The van der Waals surface area contributed by atoms with Gasteiger partial charge >= 0.3 is 0 Å². The molecule has 2 N–H and O–H groups in total. The van der Waals surface area contributed by atoms with Gasteiger partial charge < -0.3 is 15.2 Å². The summed E-state index contributed by atoms with van der Waals surface area (Å²) in [5.74, 6) is 1.10. The van der Waals surface area contributed by atoms with Gasteiger partial charge in [-0.3, -0.25) is 4.79 Å². The molecular formula is C15H19N3OS. The van der Waals surface area contributed by atoms with Crippen molar-refractivity contribution in [2.45, 2.75) is 11.4 Å². The van der Waals surface area contributed by atoms with Gasteiger partial charge in [-0.25, -0.2) is 0 Å². The van der Waals surface area contributed by atoms with Crippen LogP contribution < -0.4 is 5.32 Å². The first-order chi connectivity index (χ1) is 9.83. The highest BCUT2D eigenvalue weighted by molar-refractivity contribution is 7.99. The highest BCUT2D eigenvalue weighted by atomic mass is 32.2. The topological polar surface area (TPSA) is 48.1 Å². The van der Waals surface area contributed by atoms with Gasteiger partial charge in [-0.1, -0.05) is 18.2 Å². The number of aromatic nitrogens is 1. The van der Waals surface area contributed by atoms with Crippen molar-refractivity contribution >= 4 is 28.6 Å². The van der Waals surface area contributed by atoms with Crippen molar-refractivity contribution in [2.24, 2.45) is 0 Å². The Morgan fingerprint density at radius 3 is 2.85 bits per heavy atom. The molecule has 0 saturated carbocycles. The van der Waals surface area contributed by atoms with Gasteiger partial charge in [0.05, 0.1) is 5.03 Å². The second-order valence-electron chi connectivity index (χ2n) is 4.95. The maximum Gasteiger partial charge on any atom is 0.223 e. The van der Waals surface area contributed by atoms with Gasteiger partial charge in [0.2, 0.25) is 5.91 Å². The average molecular weight is 289 g/mol. The van der Waals surface area contributed by atoms with Crippen LogP contribution in [0.4, 0.5) is 0 Å². The van der Waals surface area contributed by atoms with Crippen LogP contribution in [-0.2, 0) is 4.79 Å². The molecule has 1 aromatic carbocycles. The first-order valence-corrected chi connectivity index (χ1v) is 8.00. The molecule has 1 saturated heterocycles. The standard InChI is InChI=1S/C15H19N3OS/c19-15(18-8-6-16-7-9-18)5-10-20-14-11-12-3-1-2-4-13(12)17-14/h1-4,11,16-17H,5-10H2. The van der Waals surface area contributed by atoms with Crippen molar-refractivity contribution in [3.05, 3.63) is 30.3 Å². The predicted molar refractivity (Wildman–Crippen MR) is 83.1 cm³/mol. The maximum atomic E-state index is 12.0. The van der Waals surface area contributed by atoms with Crippen LogP contribution in [0.1, 0.15) is 6.42 Å². The van der Waals surface area contributed by atoms with Crippen LogP contribution in [0, 0.1) is 0 Å². The molecule has 3 rings (SSSR count). The Hall–Kier alpha value is -1.46. The SMILES string of the molecule is O=C(CCSc1cc2ccccc2[nH]1)N1CCNCC1. The summed E-state index contributed by atoms with van der Waals surface area (Å²) in [6.07, 6.45) is 0.611. The van der Waals surface area contributed by atoms with Gasteiger partial charge in [-0.05, 0) is 12.1 Å². The lowest BCUT2D eigenvalue weighted by Gasteiger charge is -2.27. The van der Waals surface area contributed by atoms with E-state index >= 15 is 0 Å². The zero-order valence-electron chi connectivity index (χ0n) is 11.4. The molecule has 106 valence electrons. The molecule has 0 radical (unpaired) electrons. The fourth-order valence-electron chi connectivity index (χ4n) is 2.45. The number of hydrogen-bond donors (Lipinski definition) is 2. The molecule has 0 unspecified atom stereocenters. The molecule has 0 atom stereocenters. The summed E-state index contributed by atoms with van der Waals surface area (Å²) < 4.78 is 0. The number of rotatable bonds is 4. The normalized spacial score (nSPS) is 15.7. The monoisotopic (exact) mass is 289 g/mol. The highest BCUT2D eigenvalue weighted by Crippen LogP contribution is 2.23. The lowest BCUT2D eigenvalue weighted by atomic mass is 10.3. The van der Waals surface area contributed by atoms with Gasteiger partial charge in [0.1, 0.15) is 0 Å². The van der Waals surface area contributed by atoms with Gasteiger partial charge in [0, 0.05) is 49.3 Å². The van der Waals surface area contributed by atoms with Gasteiger partial charge in [0.25, 0.3) is 0 Å². The number of H-pyrrole nitrogens is 1. The van der Waals surface area contributed by atoms with Crippen LogP contribution in [0.25, 0.3) is 10.9 Å². The van der Waals surface area contributed by atoms with Crippen LogP contribution in [0.3, 0.4) is 0 Å². The zero-order valence-corrected chi connectivity index (χ0v) is 12.2. The van der Waals surface area contributed by atoms with Crippen LogP contribution in [-0.4, -0.2) is 47.7 Å². The molecule has 0 aliphatic carbocycles. The van der Waals surface area contributed by atoms with Crippen LogP contribution in [0.15, 0.2) is 35.4 Å². The Morgan fingerprint density at radius 2 is 2.05 bits per heavy atom. The Morgan fingerprint density at radius 1 is 1.25 bits per heavy atom. The minimum Gasteiger partial charge on any atom is -0.350 e. The number of hydrogen-bond acceptors (Lipinski definition) is 3. The van der Waals surface area contributed by atoms with Gasteiger partial charge in [0.15, 0.2) is 0 Å². The van der Waals surface area contributed by atoms with Crippen LogP contribution >= 0.6 is 11.8 Å². The van der Waals surface area contributed by atoms with Gasteiger partial charge in [-0.2, -0.15) is 0 Å². The van der Waals surface area contributed by atoms with E-state index < -0.39 is 0 Å². The Labute approximate surface area is 122 Å². The number of piperazine rings is 1. The smallest absolute Gasteiger partial charge is 0.223 e. The van der Waals surface area contributed by atoms with E-state index in [1.54, 1.807) is 11.8 Å². The van der Waals surface area contributed by atoms with Crippen molar-refractivity contribution in [1.29, 1.82) is 0 Å². The summed E-state index contributed by atoms with van der Waals surface area (Å²) in [6.45, 7) is 3.52. The molecule has 1 amide bonds. The summed E-state index contributed by atoms with van der Waals surface area (Å²) in [5, 5.41) is 5.63. The third-order valence-corrected chi connectivity index (χ3v) is 4.49. The first kappa shape index (κ1) is 13.5. The molecule has 1 fully saturated rings. The molecule has 5 heteroatoms. The highest BCUT2D eigenvalue weighted by Gasteiger charge is 2.15. The number of aromatic amines is 1. The van der Waals surface area contributed by atoms with Crippen molar-refractivity contribution in [3.63, 3.8) is 0 Å². The van der Waals surface area contributed by atoms with Crippen molar-refractivity contribution in [1.82, 2.24) is 15.2 Å². The van der Waals surface area contributed by atoms with E-state index in [0.29, 0.717) is 6.42 Å². The Kier molecular flexibility index (Phi) is 4.28. The zero-order chi connectivity index (χ0) is 13.8. The molecular weight excluding hydrogens is 270 g/mol. The second-order valence-corrected chi connectivity index (χ2v) is 6.09. The number of amides is 1. The molecule has 2 heterocycles. The largest absolute Gasteiger partial charge is 0.350 e. The molecule has 0 spiro atoms. The van der Waals surface area contributed by atoms with E-state index in [1.165, 1.54) is 5.39 Å². The molecule has 20 heavy (non-hydrogen) atoms. The summed E-state index contributed by atoms with van der Waals surface area (Å²) in [7, 11) is 0. The quantitative estimate of drug-likeness (QED) is 0.847. The van der Waals surface area contributed by atoms with Crippen molar-refractivity contribution in [3.8, 4) is 0 Å². The number of fused-ring (bicyclic) bond motifs is 1. The van der Waals surface area contributed by atoms with Crippen molar-refractivity contribution < 1.29 is 4.79 Å². The fraction of sp³-hybridized carbons (Fsp3) is 0.400. The number of nitrogens with one attached hydrogen (secondary N) is 2. The number of carbonyl (C=O) groups excluding carboxylic acids is 1. The number of carbonyl (C=O) groups is 1. The minimum atomic E-state index is 0.273. The van der Waals surface area contributed by atoms with E-state index in [-0.39, 0.29) is 5.91 Å². The lowest BCUT2D eigenvalue weighted by molar-refractivity contribution is -0.131. The van der Waals surface area contributed by atoms with Crippen LogP contribution in [0.5, 0.6) is 0 Å². The molecule has 4 nitrogen and oxygen atoms in total. The molecule has 1 aliphatic heterocycles. The van der Waals surface area contributed by atoms with E-state index in [0.717, 1.165) is 42.5 Å². The van der Waals surface area contributed by atoms with Gasteiger partial charge in [-0.15, -0.1) is 11.8 Å². The summed E-state index contributed by atoms with van der Waals surface area (Å²) in [5.41, 5.74) is 1.16. The molecule has 1 aromatic heterocycles. The molecule has 1 aliphatic rings. The maximum absolute atomic E-state index is 12.0. The number of benzene rings is 1. The Balaban J connectivity index is 1.50.